The molecule has 174 valence electrons. The van der Waals surface area contributed by atoms with Gasteiger partial charge in [0.15, 0.2) is 0 Å². The van der Waals surface area contributed by atoms with Gasteiger partial charge in [0.1, 0.15) is 5.60 Å². The third kappa shape index (κ3) is 6.76. The van der Waals surface area contributed by atoms with E-state index in [0.29, 0.717) is 24.9 Å². The van der Waals surface area contributed by atoms with Gasteiger partial charge in [-0.25, -0.2) is 4.79 Å². The maximum atomic E-state index is 13.2. The van der Waals surface area contributed by atoms with Crippen LogP contribution < -0.4 is 0 Å². The van der Waals surface area contributed by atoms with Crippen molar-refractivity contribution in [2.24, 2.45) is 5.41 Å². The number of halogens is 4. The molecule has 0 radical (unpaired) electrons. The number of piperidine rings is 1. The Hall–Kier alpha value is -1.96. The van der Waals surface area contributed by atoms with Gasteiger partial charge in [-0.1, -0.05) is 17.7 Å². The van der Waals surface area contributed by atoms with Crippen LogP contribution in [0.1, 0.15) is 58.1 Å². The molecule has 1 fully saturated rings. The van der Waals surface area contributed by atoms with Gasteiger partial charge in [0, 0.05) is 13.1 Å². The summed E-state index contributed by atoms with van der Waals surface area (Å²) in [5.41, 5.74) is -2.19. The predicted octanol–water partition coefficient (Wildman–Crippen LogP) is 5.87. The summed E-state index contributed by atoms with van der Waals surface area (Å²) in [4.78, 5) is 26.9. The minimum atomic E-state index is -4.57. The van der Waals surface area contributed by atoms with Crippen LogP contribution in [0, 0.1) is 5.41 Å². The molecule has 1 unspecified atom stereocenters. The van der Waals surface area contributed by atoms with Crippen molar-refractivity contribution >= 4 is 23.7 Å². The van der Waals surface area contributed by atoms with Crippen LogP contribution in [0.25, 0.3) is 0 Å². The van der Waals surface area contributed by atoms with Crippen LogP contribution in [0.15, 0.2) is 18.2 Å². The second-order valence-corrected chi connectivity index (χ2v) is 9.23. The summed E-state index contributed by atoms with van der Waals surface area (Å²) in [5.74, 6) is -0.451. The second-order valence-electron chi connectivity index (χ2n) is 8.82. The number of hydrogen-bond donors (Lipinski definition) is 0. The highest BCUT2D eigenvalue weighted by Crippen LogP contribution is 2.39. The van der Waals surface area contributed by atoms with Gasteiger partial charge in [-0.2, -0.15) is 13.2 Å². The number of benzene rings is 1. The summed E-state index contributed by atoms with van der Waals surface area (Å²) in [6.45, 7) is 7.67. The zero-order valence-electron chi connectivity index (χ0n) is 18.3. The van der Waals surface area contributed by atoms with Gasteiger partial charge in [0.05, 0.1) is 22.6 Å². The van der Waals surface area contributed by atoms with Crippen molar-refractivity contribution < 1.29 is 32.2 Å². The minimum Gasteiger partial charge on any atom is -0.466 e. The molecule has 0 N–H and O–H groups in total. The Balaban J connectivity index is 2.24. The molecule has 1 atom stereocenters. The third-order valence-corrected chi connectivity index (χ3v) is 5.50. The number of esters is 1. The topological polar surface area (TPSA) is 55.8 Å². The number of hydrogen-bond acceptors (Lipinski definition) is 4. The highest BCUT2D eigenvalue weighted by atomic mass is 35.5. The summed E-state index contributed by atoms with van der Waals surface area (Å²) in [5, 5.41) is -0.370. The maximum absolute atomic E-state index is 13.2. The van der Waals surface area contributed by atoms with E-state index in [9.17, 15) is 22.8 Å². The maximum Gasteiger partial charge on any atom is 0.417 e. The largest absolute Gasteiger partial charge is 0.466 e. The molecule has 0 aromatic heterocycles. The number of alkyl halides is 3. The molecule has 0 bridgehead atoms. The van der Waals surface area contributed by atoms with E-state index in [1.165, 1.54) is 17.0 Å². The number of likely N-dealkylation sites (tertiary alicyclic amines) is 1. The zero-order valence-corrected chi connectivity index (χ0v) is 19.0. The monoisotopic (exact) mass is 463 g/mol. The van der Waals surface area contributed by atoms with Crippen molar-refractivity contribution in [2.75, 3.05) is 19.7 Å². The lowest BCUT2D eigenvalue weighted by Gasteiger charge is -2.41. The highest BCUT2D eigenvalue weighted by molar-refractivity contribution is 6.31. The molecule has 1 aliphatic rings. The van der Waals surface area contributed by atoms with Crippen molar-refractivity contribution in [1.82, 2.24) is 4.90 Å². The molecule has 1 saturated heterocycles. The van der Waals surface area contributed by atoms with E-state index in [4.69, 9.17) is 21.1 Å². The zero-order chi connectivity index (χ0) is 23.4. The average molecular weight is 464 g/mol. The number of amides is 1. The lowest BCUT2D eigenvalue weighted by Crippen LogP contribution is -2.51. The van der Waals surface area contributed by atoms with Gasteiger partial charge in [0.25, 0.3) is 0 Å². The van der Waals surface area contributed by atoms with Gasteiger partial charge < -0.3 is 14.4 Å². The van der Waals surface area contributed by atoms with E-state index < -0.39 is 34.8 Å². The van der Waals surface area contributed by atoms with E-state index in [1.807, 2.05) is 0 Å². The predicted molar refractivity (Wildman–Crippen MR) is 111 cm³/mol. The Morgan fingerprint density at radius 2 is 1.90 bits per heavy atom. The van der Waals surface area contributed by atoms with Crippen molar-refractivity contribution in [1.29, 1.82) is 0 Å². The van der Waals surface area contributed by atoms with Crippen molar-refractivity contribution in [3.8, 4) is 0 Å². The van der Waals surface area contributed by atoms with Crippen LogP contribution in [0.3, 0.4) is 0 Å². The Labute approximate surface area is 185 Å². The molecular weight excluding hydrogens is 435 g/mol. The van der Waals surface area contributed by atoms with E-state index in [2.05, 4.69) is 0 Å². The molecular formula is C22H29ClF3NO4. The van der Waals surface area contributed by atoms with Crippen molar-refractivity contribution in [2.45, 2.75) is 65.2 Å². The quantitative estimate of drug-likeness (QED) is 0.512. The summed E-state index contributed by atoms with van der Waals surface area (Å²) >= 11 is 5.70. The average Bonchev–Trinajstić information content (AvgIpc) is 2.65. The Bertz CT molecular complexity index is 807. The molecule has 0 spiro atoms. The van der Waals surface area contributed by atoms with Gasteiger partial charge >= 0.3 is 18.2 Å². The van der Waals surface area contributed by atoms with Gasteiger partial charge in [-0.3, -0.25) is 4.79 Å². The molecule has 2 rings (SSSR count). The van der Waals surface area contributed by atoms with Crippen molar-refractivity contribution in [3.05, 3.63) is 34.3 Å². The fraction of sp³-hybridized carbons (Fsp3) is 0.636. The highest BCUT2D eigenvalue weighted by Gasteiger charge is 2.45. The summed E-state index contributed by atoms with van der Waals surface area (Å²) in [6.07, 6.45) is -3.60. The van der Waals surface area contributed by atoms with Gasteiger partial charge in [0.2, 0.25) is 0 Å². The molecule has 0 saturated carbocycles. The summed E-state index contributed by atoms with van der Waals surface area (Å²) in [7, 11) is 0. The number of ether oxygens (including phenoxy) is 2. The number of nitrogens with zero attached hydrogens (tertiary/aromatic N) is 1. The van der Waals surface area contributed by atoms with Crippen LogP contribution in [0.2, 0.25) is 5.02 Å². The number of carbonyl (C=O) groups is 2. The van der Waals surface area contributed by atoms with Gasteiger partial charge in [-0.15, -0.1) is 0 Å². The molecule has 0 aliphatic carbocycles. The van der Waals surface area contributed by atoms with E-state index in [1.54, 1.807) is 27.7 Å². The fourth-order valence-electron chi connectivity index (χ4n) is 3.70. The lowest BCUT2D eigenvalue weighted by atomic mass is 9.75. The third-order valence-electron chi connectivity index (χ3n) is 5.17. The SMILES string of the molecule is CCOC(=O)C1(CCc2ccc(Cl)c(C(F)(F)F)c2)CCCN(C(=O)OC(C)(C)C)C1. The molecule has 1 aliphatic heterocycles. The fourth-order valence-corrected chi connectivity index (χ4v) is 3.92. The normalized spacial score (nSPS) is 19.8. The Morgan fingerprint density at radius 1 is 1.23 bits per heavy atom. The minimum absolute atomic E-state index is 0.0977. The van der Waals surface area contributed by atoms with Crippen LogP contribution in [0.5, 0.6) is 0 Å². The Morgan fingerprint density at radius 3 is 2.48 bits per heavy atom. The number of rotatable bonds is 5. The van der Waals surface area contributed by atoms with E-state index in [-0.39, 0.29) is 31.0 Å². The molecule has 5 nitrogen and oxygen atoms in total. The molecule has 9 heteroatoms. The summed E-state index contributed by atoms with van der Waals surface area (Å²) < 4.78 is 50.3. The van der Waals surface area contributed by atoms with E-state index in [0.717, 1.165) is 6.07 Å². The number of aryl methyl sites for hydroxylation is 1. The molecule has 1 aromatic rings. The standard InChI is InChI=1S/C22H29ClF3NO4/c1-5-30-18(28)21(10-6-12-27(14-21)19(29)31-20(2,3)4)11-9-15-7-8-17(23)16(13-15)22(24,25)26/h7-8,13H,5-6,9-12,14H2,1-4H3. The van der Waals surface area contributed by atoms with Crippen molar-refractivity contribution in [3.63, 3.8) is 0 Å². The molecule has 31 heavy (non-hydrogen) atoms. The molecule has 1 heterocycles. The van der Waals surface area contributed by atoms with Crippen LogP contribution in [0.4, 0.5) is 18.0 Å². The summed E-state index contributed by atoms with van der Waals surface area (Å²) in [6, 6.07) is 3.74. The lowest BCUT2D eigenvalue weighted by molar-refractivity contribution is -0.159. The van der Waals surface area contributed by atoms with E-state index >= 15 is 0 Å². The first-order valence-electron chi connectivity index (χ1n) is 10.3. The number of carbonyl (C=O) groups excluding carboxylic acids is 2. The Kier molecular flexibility index (Phi) is 7.89. The van der Waals surface area contributed by atoms with Gasteiger partial charge in [-0.05, 0) is 71.1 Å². The molecule has 1 aromatic carbocycles. The molecule has 1 amide bonds. The van der Waals surface area contributed by atoms with Crippen LogP contribution in [-0.4, -0.2) is 42.3 Å². The smallest absolute Gasteiger partial charge is 0.417 e. The first kappa shape index (κ1) is 25.3. The first-order chi connectivity index (χ1) is 14.3. The first-order valence-corrected chi connectivity index (χ1v) is 10.7. The second kappa shape index (κ2) is 9.67. The van der Waals surface area contributed by atoms with Crippen LogP contribution >= 0.6 is 11.6 Å². The van der Waals surface area contributed by atoms with Crippen LogP contribution in [-0.2, 0) is 26.9 Å².